The molecule has 0 bridgehead atoms. The van der Waals surface area contributed by atoms with E-state index in [1.165, 1.54) is 6.07 Å². The summed E-state index contributed by atoms with van der Waals surface area (Å²) in [5.41, 5.74) is 1.21. The molecule has 0 amide bonds. The van der Waals surface area contributed by atoms with E-state index in [-0.39, 0.29) is 17.8 Å². The third-order valence-electron chi connectivity index (χ3n) is 3.56. The second-order valence-corrected chi connectivity index (χ2v) is 6.02. The Kier molecular flexibility index (Phi) is 5.48. The molecule has 0 aromatic carbocycles. The van der Waals surface area contributed by atoms with Crippen LogP contribution in [-0.4, -0.2) is 14.9 Å². The second kappa shape index (κ2) is 7.16. The van der Waals surface area contributed by atoms with Gasteiger partial charge in [0, 0.05) is 32.3 Å². The Bertz CT molecular complexity index is 747. The molecule has 0 saturated carbocycles. The summed E-state index contributed by atoms with van der Waals surface area (Å²) < 4.78 is 3.22. The lowest BCUT2D eigenvalue weighted by atomic mass is 10.1. The number of Topliss-reactive ketones (excluding diaryl/α,β-unsaturated/α-hetero) is 1. The minimum Gasteiger partial charge on any atom is -0.331 e. The number of unbranched alkanes of at least 4 members (excludes halogenated alkanes) is 1. The third kappa shape index (κ3) is 3.62. The molecule has 2 aromatic rings. The summed E-state index contributed by atoms with van der Waals surface area (Å²) in [4.78, 5) is 24.2. The highest BCUT2D eigenvalue weighted by Crippen LogP contribution is 2.25. The smallest absolute Gasteiger partial charge is 0.250 e. The molecular weight excluding hydrogens is 323 g/mol. The van der Waals surface area contributed by atoms with Gasteiger partial charge < -0.3 is 9.13 Å². The third-order valence-corrected chi connectivity index (χ3v) is 4.41. The van der Waals surface area contributed by atoms with Gasteiger partial charge in [0.1, 0.15) is 5.15 Å². The molecule has 0 radical (unpaired) electrons. The molecule has 0 saturated heterocycles. The predicted molar refractivity (Wildman–Crippen MR) is 89.1 cm³/mol. The first-order valence-electron chi connectivity index (χ1n) is 7.17. The fourth-order valence-electron chi connectivity index (χ4n) is 2.27. The molecule has 0 unspecified atom stereocenters. The van der Waals surface area contributed by atoms with Crippen molar-refractivity contribution in [3.05, 3.63) is 56.2 Å². The van der Waals surface area contributed by atoms with Crippen molar-refractivity contribution >= 4 is 29.0 Å². The van der Waals surface area contributed by atoms with Crippen molar-refractivity contribution in [2.45, 2.75) is 32.7 Å². The van der Waals surface area contributed by atoms with Crippen LogP contribution < -0.4 is 5.56 Å². The Morgan fingerprint density at radius 3 is 2.59 bits per heavy atom. The van der Waals surface area contributed by atoms with Crippen LogP contribution in [0.3, 0.4) is 0 Å². The number of pyridine rings is 1. The number of ketones is 1. The van der Waals surface area contributed by atoms with E-state index in [0.29, 0.717) is 22.4 Å². The Balaban J connectivity index is 2.21. The van der Waals surface area contributed by atoms with Crippen molar-refractivity contribution in [2.75, 3.05) is 0 Å². The lowest BCUT2D eigenvalue weighted by Crippen LogP contribution is -2.20. The topological polar surface area (TPSA) is 44.0 Å². The van der Waals surface area contributed by atoms with Crippen LogP contribution in [0.25, 0.3) is 0 Å². The zero-order valence-electron chi connectivity index (χ0n) is 12.6. The monoisotopic (exact) mass is 340 g/mol. The van der Waals surface area contributed by atoms with E-state index in [2.05, 4.69) is 6.92 Å². The van der Waals surface area contributed by atoms with Crippen LogP contribution in [0.2, 0.25) is 10.2 Å². The quantitative estimate of drug-likeness (QED) is 0.752. The fourth-order valence-corrected chi connectivity index (χ4v) is 2.65. The molecular formula is C16H18Cl2N2O2. The van der Waals surface area contributed by atoms with Gasteiger partial charge in [-0.2, -0.15) is 0 Å². The maximum absolute atomic E-state index is 12.4. The minimum atomic E-state index is -0.0861. The highest BCUT2D eigenvalue weighted by molar-refractivity contribution is 6.41. The van der Waals surface area contributed by atoms with Crippen LogP contribution in [0, 0.1) is 0 Å². The minimum absolute atomic E-state index is 0.0467. The van der Waals surface area contributed by atoms with Gasteiger partial charge in [0.25, 0.3) is 5.56 Å². The molecule has 22 heavy (non-hydrogen) atoms. The zero-order valence-corrected chi connectivity index (χ0v) is 14.1. The van der Waals surface area contributed by atoms with Crippen molar-refractivity contribution in [1.29, 1.82) is 0 Å². The summed E-state index contributed by atoms with van der Waals surface area (Å²) in [5, 5.41) is 0.707. The van der Waals surface area contributed by atoms with E-state index >= 15 is 0 Å². The molecule has 118 valence electrons. The number of carbonyl (C=O) groups is 1. The Hall–Kier alpha value is -1.52. The summed E-state index contributed by atoms with van der Waals surface area (Å²) in [6.45, 7) is 2.74. The van der Waals surface area contributed by atoms with Gasteiger partial charge in [-0.25, -0.2) is 0 Å². The first-order valence-corrected chi connectivity index (χ1v) is 7.93. The molecule has 0 aliphatic rings. The van der Waals surface area contributed by atoms with Gasteiger partial charge in [-0.1, -0.05) is 42.6 Å². The summed E-state index contributed by atoms with van der Waals surface area (Å²) >= 11 is 11.9. The molecule has 2 heterocycles. The number of carbonyl (C=O) groups excluding carboxylic acids is 1. The normalized spacial score (nSPS) is 10.9. The van der Waals surface area contributed by atoms with Crippen molar-refractivity contribution in [2.24, 2.45) is 7.05 Å². The number of hydrogen-bond acceptors (Lipinski definition) is 2. The lowest BCUT2D eigenvalue weighted by molar-refractivity contribution is 0.0985. The van der Waals surface area contributed by atoms with Crippen LogP contribution in [0.1, 0.15) is 35.8 Å². The molecule has 0 aliphatic heterocycles. The first-order chi connectivity index (χ1) is 10.4. The maximum atomic E-state index is 12.4. The average molecular weight is 341 g/mol. The largest absolute Gasteiger partial charge is 0.331 e. The van der Waals surface area contributed by atoms with E-state index in [1.54, 1.807) is 34.5 Å². The van der Waals surface area contributed by atoms with Gasteiger partial charge in [0.2, 0.25) is 0 Å². The number of halogens is 2. The highest BCUT2D eigenvalue weighted by atomic mass is 35.5. The standard InChI is InChI=1S/C16H18Cl2N2O2/c1-3-4-7-20-10-11(5-6-15(20)22)8-14(21)13-9-12(17)16(18)19(13)2/h5-6,9-10H,3-4,7-8H2,1-2H3. The van der Waals surface area contributed by atoms with Crippen LogP contribution in [0.4, 0.5) is 0 Å². The summed E-state index contributed by atoms with van der Waals surface area (Å²) in [6, 6.07) is 4.76. The fraction of sp³-hybridized carbons (Fsp3) is 0.375. The number of rotatable bonds is 6. The average Bonchev–Trinajstić information content (AvgIpc) is 2.75. The van der Waals surface area contributed by atoms with Crippen LogP contribution in [0.15, 0.2) is 29.2 Å². The molecule has 6 heteroatoms. The van der Waals surface area contributed by atoms with Gasteiger partial charge in [0.05, 0.1) is 10.7 Å². The Morgan fingerprint density at radius 2 is 2.00 bits per heavy atom. The SMILES string of the molecule is CCCCn1cc(CC(=O)c2cc(Cl)c(Cl)n2C)ccc1=O. The van der Waals surface area contributed by atoms with Gasteiger partial charge in [-0.15, -0.1) is 0 Å². The van der Waals surface area contributed by atoms with Gasteiger partial charge in [-0.3, -0.25) is 9.59 Å². The van der Waals surface area contributed by atoms with Gasteiger partial charge in [0.15, 0.2) is 5.78 Å². The van der Waals surface area contributed by atoms with Crippen molar-refractivity contribution < 1.29 is 4.79 Å². The second-order valence-electron chi connectivity index (χ2n) is 5.25. The van der Waals surface area contributed by atoms with E-state index in [9.17, 15) is 9.59 Å². The van der Waals surface area contributed by atoms with Gasteiger partial charge >= 0.3 is 0 Å². The summed E-state index contributed by atoms with van der Waals surface area (Å²) in [5.74, 6) is -0.0861. The highest BCUT2D eigenvalue weighted by Gasteiger charge is 2.16. The molecule has 0 atom stereocenters. The van der Waals surface area contributed by atoms with E-state index in [4.69, 9.17) is 23.2 Å². The van der Waals surface area contributed by atoms with Crippen molar-refractivity contribution in [1.82, 2.24) is 9.13 Å². The van der Waals surface area contributed by atoms with Crippen molar-refractivity contribution in [3.8, 4) is 0 Å². The number of hydrogen-bond donors (Lipinski definition) is 0. The molecule has 0 N–H and O–H groups in total. The first kappa shape index (κ1) is 16.8. The van der Waals surface area contributed by atoms with E-state index in [0.717, 1.165) is 18.4 Å². The van der Waals surface area contributed by atoms with Crippen molar-refractivity contribution in [3.63, 3.8) is 0 Å². The summed E-state index contributed by atoms with van der Waals surface area (Å²) in [6.07, 6.45) is 3.90. The van der Waals surface area contributed by atoms with Gasteiger partial charge in [-0.05, 0) is 18.1 Å². The Labute approximate surface area is 139 Å². The van der Waals surface area contributed by atoms with Crippen LogP contribution >= 0.6 is 23.2 Å². The van der Waals surface area contributed by atoms with Crippen LogP contribution in [0.5, 0.6) is 0 Å². The zero-order chi connectivity index (χ0) is 16.3. The summed E-state index contributed by atoms with van der Waals surface area (Å²) in [7, 11) is 1.70. The number of nitrogens with zero attached hydrogens (tertiary/aromatic N) is 2. The molecule has 0 fully saturated rings. The van der Waals surface area contributed by atoms with E-state index in [1.807, 2.05) is 0 Å². The lowest BCUT2D eigenvalue weighted by Gasteiger charge is -2.08. The molecule has 4 nitrogen and oxygen atoms in total. The number of aryl methyl sites for hydroxylation is 1. The predicted octanol–water partition coefficient (Wildman–Crippen LogP) is 3.72. The number of aromatic nitrogens is 2. The molecule has 2 rings (SSSR count). The molecule has 0 aliphatic carbocycles. The molecule has 2 aromatic heterocycles. The molecule has 0 spiro atoms. The Morgan fingerprint density at radius 1 is 1.27 bits per heavy atom. The maximum Gasteiger partial charge on any atom is 0.250 e. The van der Waals surface area contributed by atoms with Crippen LogP contribution in [-0.2, 0) is 20.0 Å². The van der Waals surface area contributed by atoms with E-state index < -0.39 is 0 Å².